The molecule has 2 rings (SSSR count). The van der Waals surface area contributed by atoms with E-state index in [2.05, 4.69) is 20.2 Å². The fraction of sp³-hybridized carbons (Fsp3) is 0.583. The fourth-order valence-electron chi connectivity index (χ4n) is 2.25. The van der Waals surface area contributed by atoms with E-state index in [-0.39, 0.29) is 5.91 Å². The van der Waals surface area contributed by atoms with E-state index in [9.17, 15) is 4.79 Å². The van der Waals surface area contributed by atoms with Crippen LogP contribution in [0.3, 0.4) is 0 Å². The molecule has 0 spiro atoms. The third kappa shape index (κ3) is 3.47. The number of nitrogen functional groups attached to an aromatic ring is 1. The van der Waals surface area contributed by atoms with Gasteiger partial charge in [0.05, 0.1) is 0 Å². The number of carbonyl (C=O) groups excluding carboxylic acids is 1. The Kier molecular flexibility index (Phi) is 4.42. The zero-order valence-electron chi connectivity index (χ0n) is 10.9. The number of hydrogen-bond donors (Lipinski definition) is 2. The predicted octanol–water partition coefficient (Wildman–Crippen LogP) is 1.06. The number of rotatable bonds is 3. The van der Waals surface area contributed by atoms with E-state index in [1.165, 1.54) is 6.33 Å². The van der Waals surface area contributed by atoms with Crippen molar-refractivity contribution in [2.24, 2.45) is 5.92 Å². The second-order valence-corrected chi connectivity index (χ2v) is 5.13. The van der Waals surface area contributed by atoms with Crippen LogP contribution in [0.4, 0.5) is 11.5 Å². The van der Waals surface area contributed by atoms with Gasteiger partial charge in [-0.05, 0) is 18.8 Å². The van der Waals surface area contributed by atoms with Gasteiger partial charge in [-0.15, -0.1) is 0 Å². The van der Waals surface area contributed by atoms with Gasteiger partial charge in [-0.2, -0.15) is 0 Å². The highest BCUT2D eigenvalue weighted by atomic mass is 35.5. The zero-order chi connectivity index (χ0) is 13.8. The van der Waals surface area contributed by atoms with Crippen molar-refractivity contribution in [3.63, 3.8) is 0 Å². The average molecular weight is 284 g/mol. The molecule has 1 aromatic heterocycles. The van der Waals surface area contributed by atoms with E-state index < -0.39 is 0 Å². The molecule has 19 heavy (non-hydrogen) atoms. The summed E-state index contributed by atoms with van der Waals surface area (Å²) in [6.45, 7) is 4.01. The first-order valence-corrected chi connectivity index (χ1v) is 6.71. The van der Waals surface area contributed by atoms with Crippen LogP contribution in [0.2, 0.25) is 5.15 Å². The Morgan fingerprint density at radius 3 is 2.84 bits per heavy atom. The molecule has 1 aliphatic rings. The highest BCUT2D eigenvalue weighted by Crippen LogP contribution is 2.29. The number of nitrogens with one attached hydrogen (secondary N) is 1. The Morgan fingerprint density at radius 1 is 1.53 bits per heavy atom. The van der Waals surface area contributed by atoms with Gasteiger partial charge in [0.15, 0.2) is 11.0 Å². The van der Waals surface area contributed by atoms with E-state index in [0.29, 0.717) is 22.6 Å². The fourth-order valence-corrected chi connectivity index (χ4v) is 2.38. The molecule has 1 aromatic rings. The monoisotopic (exact) mass is 283 g/mol. The van der Waals surface area contributed by atoms with Crippen LogP contribution in [0.5, 0.6) is 0 Å². The summed E-state index contributed by atoms with van der Waals surface area (Å²) in [6, 6.07) is 0. The van der Waals surface area contributed by atoms with E-state index in [0.717, 1.165) is 32.5 Å². The summed E-state index contributed by atoms with van der Waals surface area (Å²) in [7, 11) is 0. The summed E-state index contributed by atoms with van der Waals surface area (Å²) < 4.78 is 0. The number of piperidine rings is 1. The second kappa shape index (κ2) is 6.06. The normalized spacial score (nSPS) is 16.4. The molecule has 0 saturated carbocycles. The van der Waals surface area contributed by atoms with Crippen molar-refractivity contribution in [3.8, 4) is 0 Å². The standard InChI is InChI=1S/C12H18ClN5O/c1-8(19)15-6-9-2-4-18(5-3-9)12-10(14)11(13)16-7-17-12/h7,9H,2-6,14H2,1H3,(H,15,19). The molecule has 0 aliphatic carbocycles. The minimum atomic E-state index is 0.0225. The third-order valence-corrected chi connectivity index (χ3v) is 3.67. The lowest BCUT2D eigenvalue weighted by Crippen LogP contribution is -2.38. The Labute approximate surface area is 117 Å². The summed E-state index contributed by atoms with van der Waals surface area (Å²) in [5.41, 5.74) is 6.33. The number of halogens is 1. The largest absolute Gasteiger partial charge is 0.393 e. The van der Waals surface area contributed by atoms with Gasteiger partial charge in [0.2, 0.25) is 5.91 Å². The minimum Gasteiger partial charge on any atom is -0.393 e. The predicted molar refractivity (Wildman–Crippen MR) is 75.1 cm³/mol. The summed E-state index contributed by atoms with van der Waals surface area (Å²) in [5.74, 6) is 1.24. The lowest BCUT2D eigenvalue weighted by atomic mass is 9.97. The molecule has 3 N–H and O–H groups in total. The minimum absolute atomic E-state index is 0.0225. The van der Waals surface area contributed by atoms with Gasteiger partial charge in [0.1, 0.15) is 12.0 Å². The van der Waals surface area contributed by atoms with E-state index in [4.69, 9.17) is 17.3 Å². The van der Waals surface area contributed by atoms with E-state index in [1.807, 2.05) is 0 Å². The van der Waals surface area contributed by atoms with Gasteiger partial charge < -0.3 is 16.0 Å². The number of aromatic nitrogens is 2. The molecule has 1 fully saturated rings. The number of amides is 1. The maximum Gasteiger partial charge on any atom is 0.216 e. The van der Waals surface area contributed by atoms with Crippen LogP contribution < -0.4 is 16.0 Å². The Balaban J connectivity index is 1.92. The quantitative estimate of drug-likeness (QED) is 0.811. The SMILES string of the molecule is CC(=O)NCC1CCN(c2ncnc(Cl)c2N)CC1. The number of anilines is 2. The molecule has 104 valence electrons. The molecule has 0 bridgehead atoms. The summed E-state index contributed by atoms with van der Waals surface area (Å²) in [6.07, 6.45) is 3.43. The first-order chi connectivity index (χ1) is 9.08. The van der Waals surface area contributed by atoms with E-state index >= 15 is 0 Å². The van der Waals surface area contributed by atoms with Gasteiger partial charge >= 0.3 is 0 Å². The van der Waals surface area contributed by atoms with E-state index in [1.54, 1.807) is 6.92 Å². The number of carbonyl (C=O) groups is 1. The van der Waals surface area contributed by atoms with Crippen molar-refractivity contribution in [3.05, 3.63) is 11.5 Å². The van der Waals surface area contributed by atoms with Crippen molar-refractivity contribution in [2.75, 3.05) is 30.3 Å². The Bertz CT molecular complexity index is 459. The van der Waals surface area contributed by atoms with Crippen molar-refractivity contribution in [1.29, 1.82) is 0 Å². The molecule has 1 aliphatic heterocycles. The van der Waals surface area contributed by atoms with Crippen LogP contribution in [0, 0.1) is 5.92 Å². The molecular formula is C12H18ClN5O. The molecule has 0 atom stereocenters. The second-order valence-electron chi connectivity index (χ2n) is 4.77. The molecule has 0 radical (unpaired) electrons. The van der Waals surface area contributed by atoms with Gasteiger partial charge in [-0.25, -0.2) is 9.97 Å². The number of hydrogen-bond acceptors (Lipinski definition) is 5. The number of nitrogens with zero attached hydrogens (tertiary/aromatic N) is 3. The summed E-state index contributed by atoms with van der Waals surface area (Å²) in [4.78, 5) is 21.1. The lowest BCUT2D eigenvalue weighted by molar-refractivity contribution is -0.119. The van der Waals surface area contributed by atoms with Crippen molar-refractivity contribution < 1.29 is 4.79 Å². The van der Waals surface area contributed by atoms with Crippen molar-refractivity contribution in [2.45, 2.75) is 19.8 Å². The van der Waals surface area contributed by atoms with Gasteiger partial charge in [-0.1, -0.05) is 11.6 Å². The van der Waals surface area contributed by atoms with Crippen LogP contribution in [0.1, 0.15) is 19.8 Å². The summed E-state index contributed by atoms with van der Waals surface area (Å²) >= 11 is 5.90. The van der Waals surface area contributed by atoms with Crippen molar-refractivity contribution >= 4 is 29.0 Å². The van der Waals surface area contributed by atoms with Crippen LogP contribution >= 0.6 is 11.6 Å². The highest BCUT2D eigenvalue weighted by molar-refractivity contribution is 6.32. The molecule has 6 nitrogen and oxygen atoms in total. The molecule has 2 heterocycles. The topological polar surface area (TPSA) is 84.1 Å². The van der Waals surface area contributed by atoms with Crippen LogP contribution in [0.15, 0.2) is 6.33 Å². The summed E-state index contributed by atoms with van der Waals surface area (Å²) in [5, 5.41) is 3.16. The van der Waals surface area contributed by atoms with Crippen molar-refractivity contribution in [1.82, 2.24) is 15.3 Å². The third-order valence-electron chi connectivity index (χ3n) is 3.37. The van der Waals surface area contributed by atoms with Gasteiger partial charge in [-0.3, -0.25) is 4.79 Å². The molecular weight excluding hydrogens is 266 g/mol. The molecule has 7 heteroatoms. The molecule has 0 unspecified atom stereocenters. The van der Waals surface area contributed by atoms with Crippen LogP contribution in [-0.4, -0.2) is 35.5 Å². The van der Waals surface area contributed by atoms with Gasteiger partial charge in [0.25, 0.3) is 0 Å². The Morgan fingerprint density at radius 2 is 2.21 bits per heavy atom. The maximum atomic E-state index is 10.9. The molecule has 1 amide bonds. The van der Waals surface area contributed by atoms with Crippen LogP contribution in [-0.2, 0) is 4.79 Å². The van der Waals surface area contributed by atoms with Gasteiger partial charge in [0, 0.05) is 26.6 Å². The Hall–Kier alpha value is -1.56. The lowest BCUT2D eigenvalue weighted by Gasteiger charge is -2.33. The first kappa shape index (κ1) is 13.9. The maximum absolute atomic E-state index is 10.9. The first-order valence-electron chi connectivity index (χ1n) is 6.33. The average Bonchev–Trinajstić information content (AvgIpc) is 2.40. The zero-order valence-corrected chi connectivity index (χ0v) is 11.7. The smallest absolute Gasteiger partial charge is 0.216 e. The van der Waals surface area contributed by atoms with Crippen LogP contribution in [0.25, 0.3) is 0 Å². The molecule has 1 saturated heterocycles. The number of nitrogens with two attached hydrogens (primary N) is 1. The highest BCUT2D eigenvalue weighted by Gasteiger charge is 2.22. The molecule has 0 aromatic carbocycles.